The van der Waals surface area contributed by atoms with Crippen molar-refractivity contribution >= 4 is 17.6 Å². The van der Waals surface area contributed by atoms with Crippen molar-refractivity contribution in [3.8, 4) is 17.0 Å². The van der Waals surface area contributed by atoms with E-state index >= 15 is 0 Å². The average molecular weight is 406 g/mol. The molecule has 0 radical (unpaired) electrons. The highest BCUT2D eigenvalue weighted by Gasteiger charge is 2.34. The van der Waals surface area contributed by atoms with Crippen molar-refractivity contribution in [3.05, 3.63) is 50.8 Å². The molecule has 3 rings (SSSR count). The molecule has 1 aliphatic rings. The Hall–Kier alpha value is -2.31. The van der Waals surface area contributed by atoms with Crippen molar-refractivity contribution < 1.29 is 19.4 Å². The van der Waals surface area contributed by atoms with Gasteiger partial charge in [-0.1, -0.05) is 32.4 Å². The second kappa shape index (κ2) is 7.60. The van der Waals surface area contributed by atoms with Gasteiger partial charge in [0.2, 0.25) is 0 Å². The number of carboxylic acid groups (broad SMARTS) is 1. The first-order valence-corrected chi connectivity index (χ1v) is 9.45. The van der Waals surface area contributed by atoms with Crippen LogP contribution < -0.4 is 10.2 Å². The summed E-state index contributed by atoms with van der Waals surface area (Å²) in [4.78, 5) is 23.8. The summed E-state index contributed by atoms with van der Waals surface area (Å²) >= 11 is 6.41. The van der Waals surface area contributed by atoms with Gasteiger partial charge in [-0.3, -0.25) is 4.79 Å². The average Bonchev–Trinajstić information content (AvgIpc) is 2.60. The first kappa shape index (κ1) is 20.4. The van der Waals surface area contributed by atoms with Crippen molar-refractivity contribution in [2.45, 2.75) is 33.2 Å². The van der Waals surface area contributed by atoms with E-state index in [-0.39, 0.29) is 17.0 Å². The lowest BCUT2D eigenvalue weighted by Crippen LogP contribution is -2.32. The molecule has 2 aromatic rings. The first-order valence-electron chi connectivity index (χ1n) is 9.07. The van der Waals surface area contributed by atoms with Gasteiger partial charge in [-0.25, -0.2) is 4.79 Å². The number of carboxylic acids is 1. The van der Waals surface area contributed by atoms with Crippen LogP contribution in [0.15, 0.2) is 29.2 Å². The molecule has 1 N–H and O–H groups in total. The third-order valence-electron chi connectivity index (χ3n) is 5.04. The number of nitrogens with zero attached hydrogens (tertiary/aromatic N) is 1. The van der Waals surface area contributed by atoms with Gasteiger partial charge < -0.3 is 19.1 Å². The van der Waals surface area contributed by atoms with Gasteiger partial charge in [-0.05, 0) is 29.5 Å². The maximum absolute atomic E-state index is 12.4. The maximum atomic E-state index is 12.4. The van der Waals surface area contributed by atoms with Crippen LogP contribution >= 0.6 is 11.6 Å². The van der Waals surface area contributed by atoms with Crippen molar-refractivity contribution in [1.82, 2.24) is 4.57 Å². The Morgan fingerprint density at radius 3 is 2.61 bits per heavy atom. The number of carbonyl (C=O) groups is 1. The molecule has 2 heterocycles. The molecular weight excluding hydrogens is 382 g/mol. The fourth-order valence-corrected chi connectivity index (χ4v) is 3.78. The minimum absolute atomic E-state index is 0.0262. The first-order chi connectivity index (χ1) is 13.1. The van der Waals surface area contributed by atoms with Crippen molar-refractivity contribution in [3.63, 3.8) is 0 Å². The predicted molar refractivity (Wildman–Crippen MR) is 108 cm³/mol. The van der Waals surface area contributed by atoms with E-state index in [1.807, 2.05) is 10.6 Å². The lowest BCUT2D eigenvalue weighted by Gasteiger charge is -2.39. The van der Waals surface area contributed by atoms with Crippen LogP contribution in [0, 0.1) is 5.41 Å². The van der Waals surface area contributed by atoms with Crippen LogP contribution in [0.4, 0.5) is 0 Å². The van der Waals surface area contributed by atoms with Gasteiger partial charge in [0.25, 0.3) is 0 Å². The lowest BCUT2D eigenvalue weighted by molar-refractivity contribution is 0.0693. The van der Waals surface area contributed by atoms with Crippen LogP contribution in [0.2, 0.25) is 5.02 Å². The van der Waals surface area contributed by atoms with E-state index in [1.54, 1.807) is 13.2 Å². The molecule has 1 unspecified atom stereocenters. The van der Waals surface area contributed by atoms with Gasteiger partial charge in [0, 0.05) is 31.0 Å². The number of rotatable bonds is 5. The molecule has 1 aromatic heterocycles. The van der Waals surface area contributed by atoms with E-state index in [4.69, 9.17) is 21.1 Å². The van der Waals surface area contributed by atoms with E-state index in [2.05, 4.69) is 20.8 Å². The third-order valence-corrected chi connectivity index (χ3v) is 5.33. The van der Waals surface area contributed by atoms with Crippen molar-refractivity contribution in [2.24, 2.45) is 5.41 Å². The Bertz CT molecular complexity index is 974. The van der Waals surface area contributed by atoms with E-state index in [1.165, 1.54) is 12.3 Å². The van der Waals surface area contributed by atoms with Gasteiger partial charge >= 0.3 is 5.97 Å². The largest absolute Gasteiger partial charge is 0.490 e. The molecule has 0 fully saturated rings. The quantitative estimate of drug-likeness (QED) is 0.759. The molecule has 6 nitrogen and oxygen atoms in total. The van der Waals surface area contributed by atoms with Crippen LogP contribution in [-0.2, 0) is 11.2 Å². The summed E-state index contributed by atoms with van der Waals surface area (Å²) in [5.41, 5.74) is 1.59. The molecule has 7 heteroatoms. The molecule has 1 aliphatic heterocycles. The molecule has 150 valence electrons. The molecule has 0 saturated heterocycles. The molecule has 0 amide bonds. The number of fused-ring (bicyclic) bond motifs is 3. The zero-order valence-corrected chi connectivity index (χ0v) is 17.2. The molecule has 1 atom stereocenters. The number of pyridine rings is 1. The predicted octanol–water partition coefficient (Wildman–Crippen LogP) is 4.04. The molecule has 28 heavy (non-hydrogen) atoms. The fraction of sp³-hybridized carbons (Fsp3) is 0.429. The number of benzene rings is 1. The minimum atomic E-state index is -1.22. The molecule has 0 aliphatic carbocycles. The number of aromatic nitrogens is 1. The summed E-state index contributed by atoms with van der Waals surface area (Å²) < 4.78 is 12.6. The zero-order chi connectivity index (χ0) is 20.6. The van der Waals surface area contributed by atoms with Crippen LogP contribution in [0.1, 0.15) is 42.7 Å². The van der Waals surface area contributed by atoms with E-state index in [9.17, 15) is 14.7 Å². The number of halogens is 1. The topological polar surface area (TPSA) is 77.8 Å². The second-order valence-corrected chi connectivity index (χ2v) is 8.42. The number of aromatic carboxylic acids is 1. The number of methoxy groups -OCH3 is 1. The normalized spacial score (nSPS) is 15.7. The monoisotopic (exact) mass is 405 g/mol. The highest BCUT2D eigenvalue weighted by molar-refractivity contribution is 6.32. The number of hydrogen-bond donors (Lipinski definition) is 1. The Kier molecular flexibility index (Phi) is 5.55. The fourth-order valence-electron chi connectivity index (χ4n) is 3.56. The van der Waals surface area contributed by atoms with Crippen LogP contribution in [-0.4, -0.2) is 36.0 Å². The second-order valence-electron chi connectivity index (χ2n) is 8.02. The van der Waals surface area contributed by atoms with E-state index in [0.717, 1.165) is 11.1 Å². The van der Waals surface area contributed by atoms with Gasteiger partial charge in [0.1, 0.15) is 17.9 Å². The van der Waals surface area contributed by atoms with Gasteiger partial charge in [0.15, 0.2) is 5.43 Å². The molecule has 0 saturated carbocycles. The smallest absolute Gasteiger partial charge is 0.341 e. The van der Waals surface area contributed by atoms with Gasteiger partial charge in [-0.2, -0.15) is 0 Å². The Morgan fingerprint density at radius 1 is 1.29 bits per heavy atom. The Morgan fingerprint density at radius 2 is 2.00 bits per heavy atom. The Labute approximate surface area is 168 Å². The maximum Gasteiger partial charge on any atom is 0.341 e. The summed E-state index contributed by atoms with van der Waals surface area (Å²) in [5.74, 6) is -0.651. The molecule has 1 aromatic carbocycles. The van der Waals surface area contributed by atoms with E-state index in [0.29, 0.717) is 36.1 Å². The molecule has 0 bridgehead atoms. The van der Waals surface area contributed by atoms with E-state index < -0.39 is 11.4 Å². The zero-order valence-electron chi connectivity index (χ0n) is 16.4. The Balaban J connectivity index is 2.18. The third kappa shape index (κ3) is 3.80. The van der Waals surface area contributed by atoms with Crippen molar-refractivity contribution in [1.29, 1.82) is 0 Å². The SMILES string of the molecule is COCCOc1cc2c(cc1Cl)-c1cc(=O)c(C(=O)O)cn1C(C(C)(C)C)C2. The molecule has 0 spiro atoms. The summed E-state index contributed by atoms with van der Waals surface area (Å²) in [6.45, 7) is 7.12. The van der Waals surface area contributed by atoms with Crippen molar-refractivity contribution in [2.75, 3.05) is 20.3 Å². The van der Waals surface area contributed by atoms with Gasteiger partial charge in [0.05, 0.1) is 17.3 Å². The molecular formula is C21H24ClNO5. The standard InChI is InChI=1S/C21H24ClNO5/c1-21(2,3)19-8-12-7-18(28-6-5-27-4)15(22)9-13(12)16-10-17(24)14(20(25)26)11-23(16)19/h7,9-11,19H,5-6,8H2,1-4H3,(H,25,26). The minimum Gasteiger partial charge on any atom is -0.490 e. The number of hydrogen-bond acceptors (Lipinski definition) is 4. The van der Waals surface area contributed by atoms with Crippen LogP contribution in [0.5, 0.6) is 5.75 Å². The van der Waals surface area contributed by atoms with Crippen LogP contribution in [0.3, 0.4) is 0 Å². The number of ether oxygens (including phenoxy) is 2. The lowest BCUT2D eigenvalue weighted by atomic mass is 9.79. The highest BCUT2D eigenvalue weighted by atomic mass is 35.5. The van der Waals surface area contributed by atoms with Crippen LogP contribution in [0.25, 0.3) is 11.3 Å². The highest BCUT2D eigenvalue weighted by Crippen LogP contribution is 2.44. The summed E-state index contributed by atoms with van der Waals surface area (Å²) in [5, 5.41) is 9.81. The summed E-state index contributed by atoms with van der Waals surface area (Å²) in [7, 11) is 1.60. The summed E-state index contributed by atoms with van der Waals surface area (Å²) in [6, 6.07) is 5.05. The van der Waals surface area contributed by atoms with Gasteiger partial charge in [-0.15, -0.1) is 0 Å². The summed E-state index contributed by atoms with van der Waals surface area (Å²) in [6.07, 6.45) is 2.13.